The van der Waals surface area contributed by atoms with Crippen molar-refractivity contribution in [2.45, 2.75) is 57.4 Å². The van der Waals surface area contributed by atoms with Crippen LogP contribution in [0.2, 0.25) is 0 Å². The van der Waals surface area contributed by atoms with Crippen LogP contribution in [-0.2, 0) is 11.3 Å². The molecule has 1 saturated heterocycles. The summed E-state index contributed by atoms with van der Waals surface area (Å²) in [5.41, 5.74) is 5.36. The molecule has 0 atom stereocenters. The van der Waals surface area contributed by atoms with Crippen LogP contribution in [0.1, 0.15) is 66.1 Å². The van der Waals surface area contributed by atoms with Crippen molar-refractivity contribution >= 4 is 27.5 Å². The van der Waals surface area contributed by atoms with E-state index in [0.717, 1.165) is 18.0 Å². The van der Waals surface area contributed by atoms with Gasteiger partial charge in [0.1, 0.15) is 4.88 Å². The van der Waals surface area contributed by atoms with Gasteiger partial charge in [-0.1, -0.05) is 49.6 Å². The highest BCUT2D eigenvalue weighted by atomic mass is 32.1. The molecule has 3 heterocycles. The summed E-state index contributed by atoms with van der Waals surface area (Å²) < 4.78 is 8.88. The second kappa shape index (κ2) is 9.17. The molecule has 0 spiro atoms. The van der Waals surface area contributed by atoms with Gasteiger partial charge in [0.2, 0.25) is 0 Å². The number of methoxy groups -OCH3 is 1. The van der Waals surface area contributed by atoms with Crippen molar-refractivity contribution in [1.29, 1.82) is 0 Å². The summed E-state index contributed by atoms with van der Waals surface area (Å²) in [6, 6.07) is 13.0. The maximum atomic E-state index is 12.4. The topological polar surface area (TPSA) is 34.5 Å². The minimum atomic E-state index is -0.219. The lowest BCUT2D eigenvalue weighted by Gasteiger charge is -2.24. The fourth-order valence-electron chi connectivity index (χ4n) is 5.51. The molecule has 1 aliphatic heterocycles. The van der Waals surface area contributed by atoms with E-state index >= 15 is 0 Å². The predicted octanol–water partition coefficient (Wildman–Crippen LogP) is 6.30. The zero-order chi connectivity index (χ0) is 21.2. The van der Waals surface area contributed by atoms with E-state index < -0.39 is 0 Å². The lowest BCUT2D eigenvalue weighted by Crippen LogP contribution is -2.24. The van der Waals surface area contributed by atoms with E-state index in [4.69, 9.17) is 4.74 Å². The van der Waals surface area contributed by atoms with Crippen molar-refractivity contribution in [2.75, 3.05) is 26.7 Å². The Morgan fingerprint density at radius 2 is 1.77 bits per heavy atom. The highest BCUT2D eigenvalue weighted by Crippen LogP contribution is 2.46. The maximum absolute atomic E-state index is 12.4. The van der Waals surface area contributed by atoms with E-state index in [1.165, 1.54) is 92.2 Å². The first-order chi connectivity index (χ1) is 15.3. The molecule has 0 amide bonds. The quantitative estimate of drug-likeness (QED) is 0.425. The zero-order valence-corrected chi connectivity index (χ0v) is 19.3. The van der Waals surface area contributed by atoms with Gasteiger partial charge in [-0.2, -0.15) is 0 Å². The Kier molecular flexibility index (Phi) is 6.15. The number of hydrogen-bond acceptors (Lipinski definition) is 4. The van der Waals surface area contributed by atoms with Gasteiger partial charge in [0.25, 0.3) is 0 Å². The SMILES string of the molecule is COC(=O)c1cc2c(s1)c(C1CCCCC1)c(-c1ccccc1)n2CCN1CCCC1. The molecule has 4 nitrogen and oxygen atoms in total. The molecule has 2 fully saturated rings. The van der Waals surface area contributed by atoms with Crippen molar-refractivity contribution in [3.8, 4) is 11.3 Å². The van der Waals surface area contributed by atoms with Gasteiger partial charge >= 0.3 is 5.97 Å². The van der Waals surface area contributed by atoms with Crippen molar-refractivity contribution in [1.82, 2.24) is 9.47 Å². The molecule has 1 saturated carbocycles. The van der Waals surface area contributed by atoms with Gasteiger partial charge in [-0.25, -0.2) is 4.79 Å². The van der Waals surface area contributed by atoms with Crippen molar-refractivity contribution in [3.05, 3.63) is 46.8 Å². The maximum Gasteiger partial charge on any atom is 0.348 e. The number of likely N-dealkylation sites (tertiary alicyclic amines) is 1. The zero-order valence-electron chi connectivity index (χ0n) is 18.4. The Hall–Kier alpha value is -2.11. The molecule has 3 aromatic rings. The number of hydrogen-bond donors (Lipinski definition) is 0. The number of nitrogens with zero attached hydrogens (tertiary/aromatic N) is 2. The molecule has 0 radical (unpaired) electrons. The minimum Gasteiger partial charge on any atom is -0.465 e. The Labute approximate surface area is 188 Å². The molecule has 0 N–H and O–H groups in total. The molecule has 0 unspecified atom stereocenters. The van der Waals surface area contributed by atoms with E-state index in [1.54, 1.807) is 11.3 Å². The van der Waals surface area contributed by atoms with Crippen molar-refractivity contribution in [2.24, 2.45) is 0 Å². The smallest absolute Gasteiger partial charge is 0.348 e. The standard InChI is InChI=1S/C26H32N2O2S/c1-30-26(29)22-18-21-25(31-22)23(19-10-4-2-5-11-19)24(20-12-6-3-7-13-20)28(21)17-16-27-14-8-9-15-27/h3,6-7,12-13,18-19H,2,4-5,8-11,14-17H2,1H3. The summed E-state index contributed by atoms with van der Waals surface area (Å²) in [5.74, 6) is 0.354. The fraction of sp³-hybridized carbons (Fsp3) is 0.500. The second-order valence-corrected chi connectivity index (χ2v) is 10.0. The predicted molar refractivity (Wildman–Crippen MR) is 128 cm³/mol. The normalized spacial score (nSPS) is 18.1. The number of rotatable bonds is 6. The molecule has 164 valence electrons. The average molecular weight is 437 g/mol. The molecule has 31 heavy (non-hydrogen) atoms. The van der Waals surface area contributed by atoms with Crippen LogP contribution in [0.3, 0.4) is 0 Å². The van der Waals surface area contributed by atoms with Crippen molar-refractivity contribution < 1.29 is 9.53 Å². The number of benzene rings is 1. The number of thiophene rings is 1. The molecular formula is C26H32N2O2S. The molecule has 1 aliphatic carbocycles. The van der Waals surface area contributed by atoms with Crippen LogP contribution in [0.25, 0.3) is 21.5 Å². The van der Waals surface area contributed by atoms with Crippen LogP contribution in [0.15, 0.2) is 36.4 Å². The molecule has 5 heteroatoms. The van der Waals surface area contributed by atoms with Gasteiger partial charge in [0.05, 0.1) is 23.0 Å². The van der Waals surface area contributed by atoms with E-state index in [0.29, 0.717) is 5.92 Å². The van der Waals surface area contributed by atoms with E-state index in [1.807, 2.05) is 0 Å². The lowest BCUT2D eigenvalue weighted by molar-refractivity contribution is 0.0606. The van der Waals surface area contributed by atoms with Crippen molar-refractivity contribution in [3.63, 3.8) is 0 Å². The van der Waals surface area contributed by atoms with Crippen LogP contribution in [0.5, 0.6) is 0 Å². The van der Waals surface area contributed by atoms with Gasteiger partial charge in [0.15, 0.2) is 0 Å². The lowest BCUT2D eigenvalue weighted by atomic mass is 9.83. The molecule has 2 aromatic heterocycles. The van der Waals surface area contributed by atoms with Crippen LogP contribution in [0.4, 0.5) is 0 Å². The summed E-state index contributed by atoms with van der Waals surface area (Å²) in [7, 11) is 1.48. The monoisotopic (exact) mass is 436 g/mol. The largest absolute Gasteiger partial charge is 0.465 e. The summed E-state index contributed by atoms with van der Waals surface area (Å²) in [4.78, 5) is 15.7. The summed E-state index contributed by atoms with van der Waals surface area (Å²) in [6.45, 7) is 4.44. The van der Waals surface area contributed by atoms with E-state index in [-0.39, 0.29) is 5.97 Å². The van der Waals surface area contributed by atoms with Gasteiger partial charge in [-0.3, -0.25) is 0 Å². The van der Waals surface area contributed by atoms with Crippen LogP contribution in [-0.4, -0.2) is 42.2 Å². The van der Waals surface area contributed by atoms with Gasteiger partial charge in [-0.05, 0) is 61.9 Å². The van der Waals surface area contributed by atoms with E-state index in [9.17, 15) is 4.79 Å². The first-order valence-corrected chi connectivity index (χ1v) is 12.6. The Bertz CT molecular complexity index is 1040. The highest BCUT2D eigenvalue weighted by Gasteiger charge is 2.29. The molecule has 0 bridgehead atoms. The average Bonchev–Trinajstić information content (AvgIpc) is 3.54. The van der Waals surface area contributed by atoms with Gasteiger partial charge in [0, 0.05) is 13.1 Å². The molecule has 5 rings (SSSR count). The molecular weight excluding hydrogens is 404 g/mol. The first kappa shape index (κ1) is 20.8. The van der Waals surface area contributed by atoms with E-state index in [2.05, 4.69) is 45.9 Å². The van der Waals surface area contributed by atoms with Gasteiger partial charge in [-0.15, -0.1) is 11.3 Å². The Balaban J connectivity index is 1.67. The number of carbonyl (C=O) groups excluding carboxylic acids is 1. The Morgan fingerprint density at radius 3 is 2.48 bits per heavy atom. The summed E-state index contributed by atoms with van der Waals surface area (Å²) in [5, 5.41) is 0. The minimum absolute atomic E-state index is 0.219. The first-order valence-electron chi connectivity index (χ1n) is 11.8. The third kappa shape index (κ3) is 4.06. The number of aromatic nitrogens is 1. The number of carbonyl (C=O) groups is 1. The number of fused-ring (bicyclic) bond motifs is 1. The number of esters is 1. The third-order valence-electron chi connectivity index (χ3n) is 7.06. The second-order valence-electron chi connectivity index (χ2n) is 8.98. The summed E-state index contributed by atoms with van der Waals surface area (Å²) >= 11 is 1.63. The number of ether oxygens (including phenoxy) is 1. The van der Waals surface area contributed by atoms with Gasteiger partial charge < -0.3 is 14.2 Å². The van der Waals surface area contributed by atoms with Crippen LogP contribution in [0, 0.1) is 0 Å². The Morgan fingerprint density at radius 1 is 1.03 bits per heavy atom. The van der Waals surface area contributed by atoms with Crippen LogP contribution < -0.4 is 0 Å². The van der Waals surface area contributed by atoms with Crippen LogP contribution >= 0.6 is 11.3 Å². The summed E-state index contributed by atoms with van der Waals surface area (Å²) in [6.07, 6.45) is 9.06. The third-order valence-corrected chi connectivity index (χ3v) is 8.20. The molecule has 2 aliphatic rings. The highest BCUT2D eigenvalue weighted by molar-refractivity contribution is 7.21. The fourth-order valence-corrected chi connectivity index (χ4v) is 6.71. The molecule has 1 aromatic carbocycles.